The molecule has 0 saturated heterocycles. The Morgan fingerprint density at radius 2 is 2.03 bits per heavy atom. The van der Waals surface area contributed by atoms with Crippen molar-refractivity contribution >= 4 is 23.7 Å². The van der Waals surface area contributed by atoms with E-state index in [4.69, 9.17) is 15.6 Å². The molecule has 0 bridgehead atoms. The third-order valence-corrected chi connectivity index (χ3v) is 6.32. The van der Waals surface area contributed by atoms with Crippen molar-refractivity contribution in [2.75, 3.05) is 19.0 Å². The Morgan fingerprint density at radius 1 is 1.26 bits per heavy atom. The topological polar surface area (TPSA) is 93.0 Å². The molecule has 5 N–H and O–H groups in total. The maximum Gasteiger partial charge on any atom is 0.105 e. The van der Waals surface area contributed by atoms with Gasteiger partial charge in [0.15, 0.2) is 0 Å². The van der Waals surface area contributed by atoms with Gasteiger partial charge in [-0.3, -0.25) is 5.32 Å². The molecule has 3 unspecified atom stereocenters. The van der Waals surface area contributed by atoms with Crippen LogP contribution in [-0.4, -0.2) is 49.9 Å². The Bertz CT molecular complexity index is 797. The van der Waals surface area contributed by atoms with Crippen LogP contribution in [0.5, 0.6) is 0 Å². The highest BCUT2D eigenvalue weighted by atomic mass is 16.5. The highest BCUT2D eigenvalue weighted by Gasteiger charge is 2.27. The van der Waals surface area contributed by atoms with Crippen LogP contribution in [0, 0.1) is 10.8 Å². The lowest BCUT2D eigenvalue weighted by molar-refractivity contribution is 0.0594. The number of hydrogen-bond donors (Lipinski definition) is 5. The summed E-state index contributed by atoms with van der Waals surface area (Å²) in [6.45, 7) is 2.89. The molecule has 0 radical (unpaired) electrons. The van der Waals surface area contributed by atoms with E-state index in [1.54, 1.807) is 19.3 Å². The maximum absolute atomic E-state index is 8.50. The molecule has 0 aromatic heterocycles. The van der Waals surface area contributed by atoms with Gasteiger partial charge in [0, 0.05) is 43.2 Å². The minimum absolute atomic E-state index is 0.0402. The molecule has 1 aromatic carbocycles. The first-order chi connectivity index (χ1) is 15.2. The van der Waals surface area contributed by atoms with Crippen molar-refractivity contribution in [3.8, 4) is 0 Å². The fraction of sp³-hybridized carbons (Fsp3) is 0.520. The normalized spacial score (nSPS) is 21.1. The molecule has 3 atom stereocenters. The standard InChI is InChI=1S/C25H37N5O/c1-3-22(29-19-11-5-4-6-12-19)24(31-2)17-28-25-20(21(27)13-9-15-26)16-18-10-7-8-14-23(18)30-25/h7-10,13-16,19,22,24-30H,3-6,11-12,17H2,1-2H3. The third-order valence-electron chi connectivity index (χ3n) is 6.32. The summed E-state index contributed by atoms with van der Waals surface area (Å²) in [5, 5.41) is 26.7. The molecule has 1 fully saturated rings. The van der Waals surface area contributed by atoms with E-state index in [1.807, 2.05) is 18.2 Å². The van der Waals surface area contributed by atoms with Crippen molar-refractivity contribution in [2.45, 2.75) is 69.8 Å². The molecule has 2 aliphatic rings. The van der Waals surface area contributed by atoms with Crippen LogP contribution in [0.15, 0.2) is 42.0 Å². The van der Waals surface area contributed by atoms with Gasteiger partial charge in [-0.2, -0.15) is 0 Å². The fourth-order valence-electron chi connectivity index (χ4n) is 4.56. The van der Waals surface area contributed by atoms with Gasteiger partial charge in [-0.25, -0.2) is 0 Å². The van der Waals surface area contributed by atoms with E-state index in [9.17, 15) is 0 Å². The number of ether oxygens (including phenoxy) is 1. The van der Waals surface area contributed by atoms with Crippen LogP contribution in [-0.2, 0) is 4.74 Å². The Morgan fingerprint density at radius 3 is 2.74 bits per heavy atom. The van der Waals surface area contributed by atoms with Crippen LogP contribution in [0.4, 0.5) is 5.69 Å². The molecule has 0 amide bonds. The largest absolute Gasteiger partial charge is 0.379 e. The predicted octanol–water partition coefficient (Wildman–Crippen LogP) is 4.35. The van der Waals surface area contributed by atoms with Gasteiger partial charge in [-0.15, -0.1) is 0 Å². The lowest BCUT2D eigenvalue weighted by atomic mass is 9.93. The van der Waals surface area contributed by atoms with Gasteiger partial charge in [0.25, 0.3) is 0 Å². The number of methoxy groups -OCH3 is 1. The van der Waals surface area contributed by atoms with Crippen LogP contribution < -0.4 is 16.0 Å². The molecule has 6 heteroatoms. The third kappa shape index (κ3) is 6.35. The van der Waals surface area contributed by atoms with Crippen LogP contribution in [0.25, 0.3) is 6.08 Å². The smallest absolute Gasteiger partial charge is 0.105 e. The summed E-state index contributed by atoms with van der Waals surface area (Å²) in [5.41, 5.74) is 3.37. The summed E-state index contributed by atoms with van der Waals surface area (Å²) < 4.78 is 5.90. The summed E-state index contributed by atoms with van der Waals surface area (Å²) in [6, 6.07) is 9.00. The Labute approximate surface area is 186 Å². The van der Waals surface area contributed by atoms with E-state index in [2.05, 4.69) is 35.0 Å². The van der Waals surface area contributed by atoms with Crippen molar-refractivity contribution in [1.29, 1.82) is 10.8 Å². The molecule has 0 spiro atoms. The van der Waals surface area contributed by atoms with E-state index in [0.717, 1.165) is 23.2 Å². The zero-order valence-electron chi connectivity index (χ0n) is 18.8. The monoisotopic (exact) mass is 423 g/mol. The van der Waals surface area contributed by atoms with Crippen molar-refractivity contribution in [3.05, 3.63) is 47.6 Å². The first kappa shape index (κ1) is 23.4. The number of para-hydroxylation sites is 1. The molecule has 3 rings (SSSR count). The van der Waals surface area contributed by atoms with E-state index >= 15 is 0 Å². The highest BCUT2D eigenvalue weighted by molar-refractivity contribution is 6.12. The second-order valence-corrected chi connectivity index (χ2v) is 8.40. The number of fused-ring (bicyclic) bond motifs is 1. The molecule has 1 aromatic rings. The average Bonchev–Trinajstić information content (AvgIpc) is 2.82. The molecular formula is C25H37N5O. The lowest BCUT2D eigenvalue weighted by Crippen LogP contribution is -2.53. The van der Waals surface area contributed by atoms with Gasteiger partial charge in [0.05, 0.1) is 11.8 Å². The van der Waals surface area contributed by atoms with Crippen LogP contribution >= 0.6 is 0 Å². The first-order valence-electron chi connectivity index (χ1n) is 11.5. The maximum atomic E-state index is 8.50. The van der Waals surface area contributed by atoms with Crippen LogP contribution in [0.2, 0.25) is 0 Å². The van der Waals surface area contributed by atoms with Crippen molar-refractivity contribution < 1.29 is 4.74 Å². The SMILES string of the molecule is CCC(NC1CCCCC1)C(CNC1Nc2ccccc2C=C1C(=N)C=CC=N)OC. The summed E-state index contributed by atoms with van der Waals surface area (Å²) >= 11 is 0. The molecule has 1 heterocycles. The minimum atomic E-state index is -0.192. The Balaban J connectivity index is 1.69. The van der Waals surface area contributed by atoms with Gasteiger partial charge in [0.2, 0.25) is 0 Å². The number of allylic oxidation sites excluding steroid dienone is 2. The molecule has 31 heavy (non-hydrogen) atoms. The number of benzene rings is 1. The summed E-state index contributed by atoms with van der Waals surface area (Å²) in [5.74, 6) is 0. The zero-order valence-corrected chi connectivity index (χ0v) is 18.8. The van der Waals surface area contributed by atoms with Crippen molar-refractivity contribution in [1.82, 2.24) is 10.6 Å². The van der Waals surface area contributed by atoms with Crippen molar-refractivity contribution in [2.24, 2.45) is 0 Å². The number of rotatable bonds is 11. The van der Waals surface area contributed by atoms with Crippen molar-refractivity contribution in [3.63, 3.8) is 0 Å². The quantitative estimate of drug-likeness (QED) is 0.342. The Kier molecular flexibility index (Phi) is 9.00. The zero-order chi connectivity index (χ0) is 22.1. The molecular weight excluding hydrogens is 386 g/mol. The molecule has 1 saturated carbocycles. The molecule has 1 aliphatic heterocycles. The van der Waals surface area contributed by atoms with E-state index < -0.39 is 0 Å². The average molecular weight is 424 g/mol. The number of anilines is 1. The molecule has 168 valence electrons. The van der Waals surface area contributed by atoms with Crippen LogP contribution in [0.3, 0.4) is 0 Å². The fourth-order valence-corrected chi connectivity index (χ4v) is 4.56. The first-order valence-corrected chi connectivity index (χ1v) is 11.5. The molecule has 1 aliphatic carbocycles. The van der Waals surface area contributed by atoms with Gasteiger partial charge < -0.3 is 26.2 Å². The highest BCUT2D eigenvalue weighted by Crippen LogP contribution is 2.27. The van der Waals surface area contributed by atoms with E-state index in [1.165, 1.54) is 38.3 Å². The van der Waals surface area contributed by atoms with Gasteiger partial charge in [0.1, 0.15) is 6.17 Å². The predicted molar refractivity (Wildman–Crippen MR) is 130 cm³/mol. The second-order valence-electron chi connectivity index (χ2n) is 8.40. The summed E-state index contributed by atoms with van der Waals surface area (Å²) in [6.07, 6.45) is 13.9. The van der Waals surface area contributed by atoms with Gasteiger partial charge >= 0.3 is 0 Å². The summed E-state index contributed by atoms with van der Waals surface area (Å²) in [4.78, 5) is 0. The molecule has 6 nitrogen and oxygen atoms in total. The van der Waals surface area contributed by atoms with Gasteiger partial charge in [-0.05, 0) is 49.1 Å². The van der Waals surface area contributed by atoms with Crippen LogP contribution in [0.1, 0.15) is 51.0 Å². The number of nitrogens with one attached hydrogen (secondary N) is 5. The van der Waals surface area contributed by atoms with E-state index in [0.29, 0.717) is 24.3 Å². The number of hydrogen-bond acceptors (Lipinski definition) is 6. The lowest BCUT2D eigenvalue weighted by Gasteiger charge is -2.34. The summed E-state index contributed by atoms with van der Waals surface area (Å²) in [7, 11) is 1.78. The second kappa shape index (κ2) is 11.9. The van der Waals surface area contributed by atoms with Gasteiger partial charge in [-0.1, -0.05) is 44.4 Å². The Hall–Kier alpha value is -2.28. The minimum Gasteiger partial charge on any atom is -0.379 e. The van der Waals surface area contributed by atoms with E-state index in [-0.39, 0.29) is 12.3 Å².